The zero-order valence-electron chi connectivity index (χ0n) is 11.6. The first-order chi connectivity index (χ1) is 9.08. The topological polar surface area (TPSA) is 49.8 Å². The highest BCUT2D eigenvalue weighted by molar-refractivity contribution is 5.78. The SMILES string of the molecule is C=C(C)CN(CC)C(=O)COc1ccccc1CO. The van der Waals surface area contributed by atoms with Crippen LogP contribution >= 0.6 is 0 Å². The minimum Gasteiger partial charge on any atom is -0.483 e. The summed E-state index contributed by atoms with van der Waals surface area (Å²) < 4.78 is 5.47. The zero-order valence-corrected chi connectivity index (χ0v) is 11.6. The van der Waals surface area contributed by atoms with Crippen LogP contribution in [-0.4, -0.2) is 35.6 Å². The second-order valence-electron chi connectivity index (χ2n) is 4.42. The Kier molecular flexibility index (Phi) is 6.09. The Labute approximate surface area is 114 Å². The predicted molar refractivity (Wildman–Crippen MR) is 74.9 cm³/mol. The summed E-state index contributed by atoms with van der Waals surface area (Å²) in [5.41, 5.74) is 1.62. The van der Waals surface area contributed by atoms with E-state index in [1.54, 1.807) is 17.0 Å². The van der Waals surface area contributed by atoms with Gasteiger partial charge in [0.25, 0.3) is 5.91 Å². The van der Waals surface area contributed by atoms with Crippen molar-refractivity contribution in [3.63, 3.8) is 0 Å². The van der Waals surface area contributed by atoms with Gasteiger partial charge in [-0.3, -0.25) is 4.79 Å². The minimum atomic E-state index is -0.104. The number of benzene rings is 1. The molecule has 1 amide bonds. The average molecular weight is 263 g/mol. The van der Waals surface area contributed by atoms with Crippen LogP contribution in [0.4, 0.5) is 0 Å². The summed E-state index contributed by atoms with van der Waals surface area (Å²) >= 11 is 0. The molecule has 0 heterocycles. The van der Waals surface area contributed by atoms with Crippen LogP contribution in [0.15, 0.2) is 36.4 Å². The van der Waals surface area contributed by atoms with Gasteiger partial charge in [-0.1, -0.05) is 30.4 Å². The van der Waals surface area contributed by atoms with Crippen molar-refractivity contribution in [2.45, 2.75) is 20.5 Å². The molecule has 0 radical (unpaired) electrons. The standard InChI is InChI=1S/C15H21NO3/c1-4-16(9-12(2)3)15(18)11-19-14-8-6-5-7-13(14)10-17/h5-8,17H,2,4,9-11H2,1,3H3. The van der Waals surface area contributed by atoms with Crippen LogP contribution in [0.2, 0.25) is 0 Å². The number of likely N-dealkylation sites (N-methyl/N-ethyl adjacent to an activating group) is 1. The minimum absolute atomic E-state index is 0.0296. The lowest BCUT2D eigenvalue weighted by atomic mass is 10.2. The maximum atomic E-state index is 12.0. The number of carbonyl (C=O) groups is 1. The van der Waals surface area contributed by atoms with Gasteiger partial charge in [-0.25, -0.2) is 0 Å². The number of hydrogen-bond acceptors (Lipinski definition) is 3. The summed E-state index contributed by atoms with van der Waals surface area (Å²) in [7, 11) is 0. The van der Waals surface area contributed by atoms with Gasteiger partial charge in [-0.2, -0.15) is 0 Å². The highest BCUT2D eigenvalue weighted by Gasteiger charge is 2.13. The fourth-order valence-electron chi connectivity index (χ4n) is 1.71. The number of carbonyl (C=O) groups excluding carboxylic acids is 1. The zero-order chi connectivity index (χ0) is 14.3. The monoisotopic (exact) mass is 263 g/mol. The highest BCUT2D eigenvalue weighted by atomic mass is 16.5. The third kappa shape index (κ3) is 4.75. The van der Waals surface area contributed by atoms with Crippen LogP contribution in [0.25, 0.3) is 0 Å². The Bertz CT molecular complexity index is 443. The van der Waals surface area contributed by atoms with Crippen LogP contribution in [0.5, 0.6) is 5.75 Å². The smallest absolute Gasteiger partial charge is 0.260 e. The molecule has 1 aromatic carbocycles. The lowest BCUT2D eigenvalue weighted by Crippen LogP contribution is -2.35. The van der Waals surface area contributed by atoms with E-state index in [-0.39, 0.29) is 19.1 Å². The summed E-state index contributed by atoms with van der Waals surface area (Å²) in [6.45, 7) is 8.64. The van der Waals surface area contributed by atoms with E-state index < -0.39 is 0 Å². The van der Waals surface area contributed by atoms with Crippen molar-refractivity contribution in [2.24, 2.45) is 0 Å². The van der Waals surface area contributed by atoms with Crippen molar-refractivity contribution >= 4 is 5.91 Å². The molecule has 0 saturated carbocycles. The highest BCUT2D eigenvalue weighted by Crippen LogP contribution is 2.17. The average Bonchev–Trinajstić information content (AvgIpc) is 2.42. The first kappa shape index (κ1) is 15.2. The van der Waals surface area contributed by atoms with Crippen LogP contribution in [0.1, 0.15) is 19.4 Å². The van der Waals surface area contributed by atoms with E-state index in [9.17, 15) is 9.90 Å². The van der Waals surface area contributed by atoms with Crippen molar-refractivity contribution in [3.8, 4) is 5.75 Å². The van der Waals surface area contributed by atoms with Crippen molar-refractivity contribution < 1.29 is 14.6 Å². The van der Waals surface area contributed by atoms with Crippen LogP contribution < -0.4 is 4.74 Å². The van der Waals surface area contributed by atoms with Gasteiger partial charge in [0.15, 0.2) is 6.61 Å². The van der Waals surface area contributed by atoms with E-state index >= 15 is 0 Å². The van der Waals surface area contributed by atoms with Gasteiger partial charge < -0.3 is 14.7 Å². The summed E-state index contributed by atoms with van der Waals surface area (Å²) in [6, 6.07) is 7.14. The number of rotatable bonds is 7. The van der Waals surface area contributed by atoms with Gasteiger partial charge in [0, 0.05) is 18.7 Å². The molecule has 0 aliphatic heterocycles. The molecule has 4 heteroatoms. The Morgan fingerprint density at radius 1 is 1.42 bits per heavy atom. The van der Waals surface area contributed by atoms with E-state index in [4.69, 9.17) is 4.74 Å². The van der Waals surface area contributed by atoms with Gasteiger partial charge in [0.1, 0.15) is 5.75 Å². The molecule has 0 aliphatic carbocycles. The molecule has 0 unspecified atom stereocenters. The van der Waals surface area contributed by atoms with E-state index in [1.807, 2.05) is 26.0 Å². The first-order valence-electron chi connectivity index (χ1n) is 6.32. The summed E-state index contributed by atoms with van der Waals surface area (Å²) in [6.07, 6.45) is 0. The Balaban J connectivity index is 2.60. The van der Waals surface area contributed by atoms with E-state index in [0.717, 1.165) is 5.57 Å². The molecule has 19 heavy (non-hydrogen) atoms. The third-order valence-electron chi connectivity index (χ3n) is 2.69. The van der Waals surface area contributed by atoms with Crippen molar-refractivity contribution in [3.05, 3.63) is 42.0 Å². The molecular weight excluding hydrogens is 242 g/mol. The fourth-order valence-corrected chi connectivity index (χ4v) is 1.71. The van der Waals surface area contributed by atoms with Crippen LogP contribution in [0.3, 0.4) is 0 Å². The van der Waals surface area contributed by atoms with Crippen molar-refractivity contribution in [2.75, 3.05) is 19.7 Å². The molecule has 0 spiro atoms. The molecule has 0 bridgehead atoms. The number of nitrogens with zero attached hydrogens (tertiary/aromatic N) is 1. The maximum absolute atomic E-state index is 12.0. The quantitative estimate of drug-likeness (QED) is 0.765. The van der Waals surface area contributed by atoms with Gasteiger partial charge in [0.2, 0.25) is 0 Å². The van der Waals surface area contributed by atoms with Gasteiger partial charge in [0.05, 0.1) is 6.61 Å². The van der Waals surface area contributed by atoms with Gasteiger partial charge >= 0.3 is 0 Å². The van der Waals surface area contributed by atoms with Crippen molar-refractivity contribution in [1.82, 2.24) is 4.90 Å². The Morgan fingerprint density at radius 3 is 2.68 bits per heavy atom. The van der Waals surface area contributed by atoms with E-state index in [2.05, 4.69) is 6.58 Å². The normalized spacial score (nSPS) is 10.1. The molecular formula is C15H21NO3. The molecule has 0 fully saturated rings. The molecule has 0 atom stereocenters. The predicted octanol–water partition coefficient (Wildman–Crippen LogP) is 1.98. The summed E-state index contributed by atoms with van der Waals surface area (Å²) in [5, 5.41) is 9.17. The first-order valence-corrected chi connectivity index (χ1v) is 6.32. The van der Waals surface area contributed by atoms with Crippen LogP contribution in [-0.2, 0) is 11.4 Å². The number of para-hydroxylation sites is 1. The largest absolute Gasteiger partial charge is 0.483 e. The number of aliphatic hydroxyl groups excluding tert-OH is 1. The number of amides is 1. The molecule has 1 aromatic rings. The fraction of sp³-hybridized carbons (Fsp3) is 0.400. The number of aliphatic hydroxyl groups is 1. The van der Waals surface area contributed by atoms with Gasteiger partial charge in [-0.15, -0.1) is 0 Å². The lowest BCUT2D eigenvalue weighted by Gasteiger charge is -2.21. The molecule has 1 rings (SSSR count). The van der Waals surface area contributed by atoms with E-state index in [1.165, 1.54) is 0 Å². The molecule has 104 valence electrons. The number of ether oxygens (including phenoxy) is 1. The lowest BCUT2D eigenvalue weighted by molar-refractivity contribution is -0.132. The number of hydrogen-bond donors (Lipinski definition) is 1. The molecule has 1 N–H and O–H groups in total. The molecule has 0 aromatic heterocycles. The third-order valence-corrected chi connectivity index (χ3v) is 2.69. The van der Waals surface area contributed by atoms with Gasteiger partial charge in [-0.05, 0) is 19.9 Å². The Hall–Kier alpha value is -1.81. The Morgan fingerprint density at radius 2 is 2.11 bits per heavy atom. The second-order valence-corrected chi connectivity index (χ2v) is 4.42. The second kappa shape index (κ2) is 7.59. The van der Waals surface area contributed by atoms with Crippen molar-refractivity contribution in [1.29, 1.82) is 0 Å². The molecule has 4 nitrogen and oxygen atoms in total. The summed E-state index contributed by atoms with van der Waals surface area (Å²) in [4.78, 5) is 13.7. The molecule has 0 aliphatic rings. The maximum Gasteiger partial charge on any atom is 0.260 e. The molecule has 0 saturated heterocycles. The summed E-state index contributed by atoms with van der Waals surface area (Å²) in [5.74, 6) is 0.461. The van der Waals surface area contributed by atoms with Crippen LogP contribution in [0, 0.1) is 0 Å². The van der Waals surface area contributed by atoms with E-state index in [0.29, 0.717) is 24.4 Å².